The largest absolute Gasteiger partial charge is 0.462 e. The first-order chi connectivity index (χ1) is 12.3. The fourth-order valence-electron chi connectivity index (χ4n) is 2.30. The molecule has 26 heavy (non-hydrogen) atoms. The van der Waals surface area contributed by atoms with Crippen molar-refractivity contribution in [3.05, 3.63) is 53.3 Å². The summed E-state index contributed by atoms with van der Waals surface area (Å²) in [6, 6.07) is 7.66. The molecule has 2 aromatic heterocycles. The van der Waals surface area contributed by atoms with Crippen LogP contribution in [-0.4, -0.2) is 35.6 Å². The zero-order valence-electron chi connectivity index (χ0n) is 14.5. The van der Waals surface area contributed by atoms with Crippen molar-refractivity contribution in [1.29, 1.82) is 0 Å². The second-order valence-electron chi connectivity index (χ2n) is 5.60. The second kappa shape index (κ2) is 6.75. The Bertz CT molecular complexity index is 1070. The Morgan fingerprint density at radius 3 is 2.54 bits per heavy atom. The third kappa shape index (κ3) is 3.52. The summed E-state index contributed by atoms with van der Waals surface area (Å²) in [5, 5.41) is 4.03. The number of aromatic nitrogens is 3. The number of fused-ring (bicyclic) bond motifs is 1. The van der Waals surface area contributed by atoms with Crippen molar-refractivity contribution < 1.29 is 22.1 Å². The highest BCUT2D eigenvalue weighted by Gasteiger charge is 2.20. The normalized spacial score (nSPS) is 11.5. The third-order valence-corrected chi connectivity index (χ3v) is 4.86. The van der Waals surface area contributed by atoms with Crippen LogP contribution >= 0.6 is 0 Å². The van der Waals surface area contributed by atoms with Gasteiger partial charge in [0.05, 0.1) is 17.9 Å². The van der Waals surface area contributed by atoms with E-state index in [2.05, 4.69) is 10.1 Å². The van der Waals surface area contributed by atoms with Gasteiger partial charge in [0.2, 0.25) is 0 Å². The van der Waals surface area contributed by atoms with E-state index in [1.165, 1.54) is 28.9 Å². The van der Waals surface area contributed by atoms with Crippen LogP contribution in [0.15, 0.2) is 41.4 Å². The molecule has 0 aliphatic heterocycles. The molecule has 3 aromatic rings. The quantitative estimate of drug-likeness (QED) is 0.498. The maximum absolute atomic E-state index is 12.4. The maximum Gasteiger partial charge on any atom is 0.341 e. The van der Waals surface area contributed by atoms with Crippen LogP contribution in [-0.2, 0) is 14.9 Å². The minimum Gasteiger partial charge on any atom is -0.462 e. The van der Waals surface area contributed by atoms with Crippen LogP contribution in [0.1, 0.15) is 28.5 Å². The summed E-state index contributed by atoms with van der Waals surface area (Å²) < 4.78 is 36.0. The van der Waals surface area contributed by atoms with Gasteiger partial charge < -0.3 is 8.92 Å². The van der Waals surface area contributed by atoms with E-state index in [4.69, 9.17) is 8.92 Å². The van der Waals surface area contributed by atoms with E-state index in [0.717, 1.165) is 5.56 Å². The van der Waals surface area contributed by atoms with Crippen molar-refractivity contribution in [3.8, 4) is 5.88 Å². The topological polar surface area (TPSA) is 99.9 Å². The molecule has 8 nitrogen and oxygen atoms in total. The first-order valence-electron chi connectivity index (χ1n) is 7.85. The lowest BCUT2D eigenvalue weighted by Gasteiger charge is -2.05. The number of benzene rings is 1. The molecular weight excluding hydrogens is 358 g/mol. The number of esters is 1. The Hall–Kier alpha value is -2.94. The van der Waals surface area contributed by atoms with E-state index in [0.29, 0.717) is 11.3 Å². The smallest absolute Gasteiger partial charge is 0.341 e. The zero-order chi connectivity index (χ0) is 18.9. The Morgan fingerprint density at radius 1 is 1.19 bits per heavy atom. The Balaban J connectivity index is 1.94. The van der Waals surface area contributed by atoms with Crippen LogP contribution in [0.25, 0.3) is 5.65 Å². The summed E-state index contributed by atoms with van der Waals surface area (Å²) in [5.74, 6) is -0.664. The molecule has 0 bridgehead atoms. The van der Waals surface area contributed by atoms with Crippen LogP contribution in [0.2, 0.25) is 0 Å². The van der Waals surface area contributed by atoms with Crippen LogP contribution in [0, 0.1) is 13.8 Å². The molecule has 2 heterocycles. The summed E-state index contributed by atoms with van der Waals surface area (Å²) >= 11 is 0. The predicted molar refractivity (Wildman–Crippen MR) is 92.7 cm³/mol. The number of nitrogens with zero attached hydrogens (tertiary/aromatic N) is 3. The predicted octanol–water partition coefficient (Wildman–Crippen LogP) is 2.29. The number of hydrogen-bond acceptors (Lipinski definition) is 7. The minimum atomic E-state index is -4.02. The molecule has 0 amide bonds. The molecule has 0 aliphatic rings. The van der Waals surface area contributed by atoms with Crippen LogP contribution in [0.5, 0.6) is 5.88 Å². The summed E-state index contributed by atoms with van der Waals surface area (Å²) in [7, 11) is -4.02. The van der Waals surface area contributed by atoms with Crippen LogP contribution in [0.4, 0.5) is 0 Å². The van der Waals surface area contributed by atoms with Gasteiger partial charge in [-0.05, 0) is 32.9 Å². The number of rotatable bonds is 5. The molecule has 0 aliphatic carbocycles. The van der Waals surface area contributed by atoms with Gasteiger partial charge in [-0.1, -0.05) is 17.7 Å². The number of ether oxygens (including phenoxy) is 1. The third-order valence-electron chi connectivity index (χ3n) is 3.62. The van der Waals surface area contributed by atoms with Crippen molar-refractivity contribution in [2.45, 2.75) is 25.7 Å². The number of aryl methyl sites for hydroxylation is 2. The molecule has 136 valence electrons. The van der Waals surface area contributed by atoms with Crippen LogP contribution in [0.3, 0.4) is 0 Å². The zero-order valence-corrected chi connectivity index (χ0v) is 15.3. The van der Waals surface area contributed by atoms with E-state index in [9.17, 15) is 13.2 Å². The molecule has 0 radical (unpaired) electrons. The second-order valence-corrected chi connectivity index (χ2v) is 7.14. The average molecular weight is 375 g/mol. The fourth-order valence-corrected chi connectivity index (χ4v) is 3.18. The molecule has 0 unspecified atom stereocenters. The van der Waals surface area contributed by atoms with E-state index in [-0.39, 0.29) is 22.9 Å². The highest BCUT2D eigenvalue weighted by Crippen LogP contribution is 2.20. The van der Waals surface area contributed by atoms with E-state index in [1.54, 1.807) is 26.0 Å². The van der Waals surface area contributed by atoms with Crippen molar-refractivity contribution in [2.24, 2.45) is 0 Å². The summed E-state index contributed by atoms with van der Waals surface area (Å²) in [6.45, 7) is 5.45. The van der Waals surface area contributed by atoms with Crippen LogP contribution < -0.4 is 4.18 Å². The number of hydrogen-bond donors (Lipinski definition) is 0. The standard InChI is InChI=1S/C17H17N3O5S/c1-4-24-17(21)14-10-20-15(18-12(14)3)9-16(19-20)25-26(22,23)13-7-5-11(2)6-8-13/h5-10H,4H2,1-3H3. The molecule has 0 spiro atoms. The van der Waals surface area contributed by atoms with Gasteiger partial charge >= 0.3 is 16.1 Å². The maximum atomic E-state index is 12.4. The lowest BCUT2D eigenvalue weighted by Crippen LogP contribution is -2.11. The van der Waals surface area contributed by atoms with Gasteiger partial charge in [-0.2, -0.15) is 8.42 Å². The van der Waals surface area contributed by atoms with Gasteiger partial charge in [0, 0.05) is 12.3 Å². The number of carbonyl (C=O) groups excluding carboxylic acids is 1. The molecule has 0 saturated carbocycles. The first kappa shape index (κ1) is 17.9. The van der Waals surface area contributed by atoms with E-state index < -0.39 is 16.1 Å². The number of carbonyl (C=O) groups is 1. The molecular formula is C17H17N3O5S. The molecule has 3 rings (SSSR count). The van der Waals surface area contributed by atoms with Gasteiger partial charge in [-0.25, -0.2) is 14.3 Å². The highest BCUT2D eigenvalue weighted by atomic mass is 32.2. The molecule has 9 heteroatoms. The minimum absolute atomic E-state index is 0.0245. The van der Waals surface area contributed by atoms with Crippen molar-refractivity contribution in [1.82, 2.24) is 14.6 Å². The Morgan fingerprint density at radius 2 is 1.88 bits per heavy atom. The molecule has 0 fully saturated rings. The summed E-state index contributed by atoms with van der Waals surface area (Å²) in [4.78, 5) is 16.2. The first-order valence-corrected chi connectivity index (χ1v) is 9.26. The molecule has 0 saturated heterocycles. The Labute approximate surface area is 150 Å². The van der Waals surface area contributed by atoms with Gasteiger partial charge in [0.25, 0.3) is 5.88 Å². The summed E-state index contributed by atoms with van der Waals surface area (Å²) in [6.07, 6.45) is 1.43. The van der Waals surface area contributed by atoms with Gasteiger partial charge in [0.15, 0.2) is 5.65 Å². The Kier molecular flexibility index (Phi) is 4.64. The fraction of sp³-hybridized carbons (Fsp3) is 0.235. The van der Waals surface area contributed by atoms with Crippen molar-refractivity contribution in [3.63, 3.8) is 0 Å². The molecule has 1 aromatic carbocycles. The SMILES string of the molecule is CCOC(=O)c1cn2nc(OS(=O)(=O)c3ccc(C)cc3)cc2nc1C. The summed E-state index contributed by atoms with van der Waals surface area (Å²) in [5.41, 5.74) is 1.98. The van der Waals surface area contributed by atoms with Crippen molar-refractivity contribution in [2.75, 3.05) is 6.61 Å². The molecule has 0 N–H and O–H groups in total. The molecule has 0 atom stereocenters. The average Bonchev–Trinajstić information content (AvgIpc) is 2.94. The van der Waals surface area contributed by atoms with Gasteiger partial charge in [-0.15, -0.1) is 5.10 Å². The van der Waals surface area contributed by atoms with Gasteiger partial charge in [0.1, 0.15) is 4.90 Å². The van der Waals surface area contributed by atoms with Gasteiger partial charge in [-0.3, -0.25) is 0 Å². The van der Waals surface area contributed by atoms with E-state index in [1.807, 2.05) is 6.92 Å². The highest BCUT2D eigenvalue weighted by molar-refractivity contribution is 7.87. The monoisotopic (exact) mass is 375 g/mol. The van der Waals surface area contributed by atoms with Crippen molar-refractivity contribution >= 4 is 21.7 Å². The lowest BCUT2D eigenvalue weighted by atomic mass is 10.2. The van der Waals surface area contributed by atoms with E-state index >= 15 is 0 Å². The lowest BCUT2D eigenvalue weighted by molar-refractivity contribution is 0.0524.